The van der Waals surface area contributed by atoms with E-state index in [1.807, 2.05) is 24.4 Å². The van der Waals surface area contributed by atoms with E-state index in [2.05, 4.69) is 4.98 Å². The molecular weight excluding hydrogens is 312 g/mol. The molecule has 0 spiro atoms. The van der Waals surface area contributed by atoms with Crippen LogP contribution in [-0.4, -0.2) is 4.98 Å². The van der Waals surface area contributed by atoms with Gasteiger partial charge in [0.15, 0.2) is 11.6 Å². The fourth-order valence-electron chi connectivity index (χ4n) is 1.79. The van der Waals surface area contributed by atoms with E-state index < -0.39 is 11.6 Å². The Balaban J connectivity index is 1.74. The van der Waals surface area contributed by atoms with Gasteiger partial charge in [0, 0.05) is 10.6 Å². The average Bonchev–Trinajstić information content (AvgIpc) is 3.10. The maximum atomic E-state index is 13.2. The number of hydrogen-bond donors (Lipinski definition) is 0. The number of aryl methyl sites for hydroxylation is 1. The normalized spacial score (nSPS) is 11.0. The molecule has 2 aromatic heterocycles. The van der Waals surface area contributed by atoms with Crippen LogP contribution in [0.3, 0.4) is 0 Å². The average molecular weight is 323 g/mol. The van der Waals surface area contributed by atoms with Crippen molar-refractivity contribution in [3.05, 3.63) is 58.8 Å². The zero-order valence-corrected chi connectivity index (χ0v) is 12.7. The summed E-state index contributed by atoms with van der Waals surface area (Å²) in [5.41, 5.74) is 0.813. The summed E-state index contributed by atoms with van der Waals surface area (Å²) in [6.45, 7) is 1.85. The van der Waals surface area contributed by atoms with Crippen LogP contribution in [0.5, 0.6) is 0 Å². The molecule has 6 heteroatoms. The van der Waals surface area contributed by atoms with Crippen molar-refractivity contribution in [2.75, 3.05) is 0 Å². The topological polar surface area (TPSA) is 26.0 Å². The summed E-state index contributed by atoms with van der Waals surface area (Å²) in [5.74, 6) is 0.219. The first kappa shape index (κ1) is 14.3. The molecule has 3 rings (SSSR count). The minimum atomic E-state index is -0.837. The lowest BCUT2D eigenvalue weighted by atomic mass is 10.3. The van der Waals surface area contributed by atoms with Gasteiger partial charge in [0.05, 0.1) is 10.6 Å². The van der Waals surface area contributed by atoms with E-state index in [-0.39, 0.29) is 0 Å². The lowest BCUT2D eigenvalue weighted by molar-refractivity contribution is 0.506. The molecule has 0 bridgehead atoms. The molecule has 0 fully saturated rings. The maximum absolute atomic E-state index is 13.2. The molecule has 0 amide bonds. The molecule has 1 aromatic carbocycles. The fraction of sp³-hybridized carbons (Fsp3) is 0.133. The highest BCUT2D eigenvalue weighted by atomic mass is 32.2. The summed E-state index contributed by atoms with van der Waals surface area (Å²) in [4.78, 5) is 6.10. The predicted octanol–water partition coefficient (Wildman–Crippen LogP) is 5.28. The molecule has 3 aromatic rings. The van der Waals surface area contributed by atoms with E-state index >= 15 is 0 Å². The predicted molar refractivity (Wildman–Crippen MR) is 80.5 cm³/mol. The summed E-state index contributed by atoms with van der Waals surface area (Å²) in [5, 5.41) is 1.96. The van der Waals surface area contributed by atoms with Crippen LogP contribution < -0.4 is 0 Å². The summed E-state index contributed by atoms with van der Waals surface area (Å²) in [7, 11) is 0. The van der Waals surface area contributed by atoms with E-state index in [9.17, 15) is 8.78 Å². The van der Waals surface area contributed by atoms with Crippen LogP contribution in [0.25, 0.3) is 10.8 Å². The second-order valence-electron chi connectivity index (χ2n) is 4.36. The van der Waals surface area contributed by atoms with Gasteiger partial charge in [0.25, 0.3) is 0 Å². The van der Waals surface area contributed by atoms with Crippen molar-refractivity contribution >= 4 is 23.1 Å². The Morgan fingerprint density at radius 1 is 1.24 bits per heavy atom. The molecular formula is C15H11F2NOS2. The lowest BCUT2D eigenvalue weighted by Crippen LogP contribution is -1.87. The molecule has 0 aliphatic rings. The Labute approximate surface area is 128 Å². The molecule has 0 radical (unpaired) electrons. The van der Waals surface area contributed by atoms with Gasteiger partial charge in [-0.05, 0) is 36.6 Å². The second-order valence-corrected chi connectivity index (χ2v) is 6.36. The molecule has 2 heterocycles. The highest BCUT2D eigenvalue weighted by Crippen LogP contribution is 2.29. The number of aromatic nitrogens is 1. The number of rotatable bonds is 4. The van der Waals surface area contributed by atoms with Crippen LogP contribution in [0, 0.1) is 18.6 Å². The SMILES string of the molecule is Cc1oc(-c2cccs2)nc1CSc1ccc(F)c(F)c1. The second kappa shape index (κ2) is 5.99. The molecule has 0 aliphatic carbocycles. The van der Waals surface area contributed by atoms with Crippen LogP contribution in [0.2, 0.25) is 0 Å². The molecule has 0 unspecified atom stereocenters. The summed E-state index contributed by atoms with van der Waals surface area (Å²) in [6, 6.07) is 7.76. The molecule has 108 valence electrons. The Bertz CT molecular complexity index is 753. The fourth-order valence-corrected chi connectivity index (χ4v) is 3.36. The zero-order chi connectivity index (χ0) is 14.8. The minimum absolute atomic E-state index is 0.547. The molecule has 0 atom stereocenters. The Kier molecular flexibility index (Phi) is 4.07. The first-order chi connectivity index (χ1) is 10.1. The van der Waals surface area contributed by atoms with Gasteiger partial charge in [-0.3, -0.25) is 0 Å². The first-order valence-corrected chi connectivity index (χ1v) is 8.08. The minimum Gasteiger partial charge on any atom is -0.440 e. The third kappa shape index (κ3) is 3.16. The molecule has 2 nitrogen and oxygen atoms in total. The molecule has 0 N–H and O–H groups in total. The van der Waals surface area contributed by atoms with Gasteiger partial charge in [0.2, 0.25) is 5.89 Å². The van der Waals surface area contributed by atoms with Crippen LogP contribution in [0.4, 0.5) is 8.78 Å². The summed E-state index contributed by atoms with van der Waals surface area (Å²) in [6.07, 6.45) is 0. The number of halogens is 2. The van der Waals surface area contributed by atoms with Gasteiger partial charge in [-0.25, -0.2) is 13.8 Å². The molecule has 0 saturated carbocycles. The van der Waals surface area contributed by atoms with Crippen molar-refractivity contribution in [3.8, 4) is 10.8 Å². The van der Waals surface area contributed by atoms with E-state index in [0.29, 0.717) is 16.5 Å². The Morgan fingerprint density at radius 2 is 2.10 bits per heavy atom. The van der Waals surface area contributed by atoms with Crippen molar-refractivity contribution < 1.29 is 13.2 Å². The lowest BCUT2D eigenvalue weighted by Gasteiger charge is -2.00. The van der Waals surface area contributed by atoms with E-state index in [1.165, 1.54) is 17.8 Å². The Morgan fingerprint density at radius 3 is 2.81 bits per heavy atom. The van der Waals surface area contributed by atoms with Crippen molar-refractivity contribution in [2.24, 2.45) is 0 Å². The van der Waals surface area contributed by atoms with Crippen molar-refractivity contribution in [2.45, 2.75) is 17.6 Å². The number of oxazole rings is 1. The van der Waals surface area contributed by atoms with Gasteiger partial charge in [0.1, 0.15) is 5.76 Å². The van der Waals surface area contributed by atoms with Gasteiger partial charge in [-0.1, -0.05) is 6.07 Å². The quantitative estimate of drug-likeness (QED) is 0.611. The third-order valence-corrected chi connectivity index (χ3v) is 4.75. The number of thiophene rings is 1. The van der Waals surface area contributed by atoms with Gasteiger partial charge in [-0.2, -0.15) is 0 Å². The number of nitrogens with zero attached hydrogens (tertiary/aromatic N) is 1. The Hall–Kier alpha value is -1.66. The van der Waals surface area contributed by atoms with Gasteiger partial charge < -0.3 is 4.42 Å². The van der Waals surface area contributed by atoms with Crippen LogP contribution in [0.1, 0.15) is 11.5 Å². The van der Waals surface area contributed by atoms with Crippen molar-refractivity contribution in [1.29, 1.82) is 0 Å². The number of benzene rings is 1. The molecule has 21 heavy (non-hydrogen) atoms. The van der Waals surface area contributed by atoms with Crippen LogP contribution in [0.15, 0.2) is 45.0 Å². The van der Waals surface area contributed by atoms with Crippen molar-refractivity contribution in [1.82, 2.24) is 4.98 Å². The third-order valence-electron chi connectivity index (χ3n) is 2.89. The van der Waals surface area contributed by atoms with E-state index in [4.69, 9.17) is 4.42 Å². The van der Waals surface area contributed by atoms with Crippen molar-refractivity contribution in [3.63, 3.8) is 0 Å². The van der Waals surface area contributed by atoms with Gasteiger partial charge >= 0.3 is 0 Å². The van der Waals surface area contributed by atoms with E-state index in [1.54, 1.807) is 17.4 Å². The highest BCUT2D eigenvalue weighted by Gasteiger charge is 2.13. The highest BCUT2D eigenvalue weighted by molar-refractivity contribution is 7.98. The zero-order valence-electron chi connectivity index (χ0n) is 11.1. The molecule has 0 aliphatic heterocycles. The smallest absolute Gasteiger partial charge is 0.236 e. The monoisotopic (exact) mass is 323 g/mol. The first-order valence-electron chi connectivity index (χ1n) is 6.21. The molecule has 0 saturated heterocycles. The van der Waals surface area contributed by atoms with E-state index in [0.717, 1.165) is 22.4 Å². The summed E-state index contributed by atoms with van der Waals surface area (Å²) < 4.78 is 31.7. The largest absolute Gasteiger partial charge is 0.440 e. The number of thioether (sulfide) groups is 1. The van der Waals surface area contributed by atoms with Crippen LogP contribution in [-0.2, 0) is 5.75 Å². The van der Waals surface area contributed by atoms with Crippen LogP contribution >= 0.6 is 23.1 Å². The summed E-state index contributed by atoms with van der Waals surface area (Å²) >= 11 is 2.96. The number of hydrogen-bond acceptors (Lipinski definition) is 4. The standard InChI is InChI=1S/C15H11F2NOS2/c1-9-13(18-15(19-9)14-3-2-6-20-14)8-21-10-4-5-11(16)12(17)7-10/h2-7H,8H2,1H3. The maximum Gasteiger partial charge on any atom is 0.236 e. The van der Waals surface area contributed by atoms with Gasteiger partial charge in [-0.15, -0.1) is 23.1 Å².